The largest absolute Gasteiger partial charge is 0.489 e. The van der Waals surface area contributed by atoms with E-state index in [4.69, 9.17) is 9.47 Å². The molecule has 1 atom stereocenters. The van der Waals surface area contributed by atoms with Gasteiger partial charge in [-0.25, -0.2) is 4.68 Å². The van der Waals surface area contributed by atoms with Crippen molar-refractivity contribution in [2.24, 2.45) is 0 Å². The van der Waals surface area contributed by atoms with Gasteiger partial charge in [-0.3, -0.25) is 4.79 Å². The quantitative estimate of drug-likeness (QED) is 0.794. The molecule has 0 spiro atoms. The molecule has 0 aliphatic rings. The van der Waals surface area contributed by atoms with E-state index in [1.54, 1.807) is 4.68 Å². The van der Waals surface area contributed by atoms with Gasteiger partial charge in [0.15, 0.2) is 0 Å². The average Bonchev–Trinajstić information content (AvgIpc) is 2.67. The fourth-order valence-corrected chi connectivity index (χ4v) is 2.05. The lowest BCUT2D eigenvalue weighted by atomic mass is 10.3. The van der Waals surface area contributed by atoms with Crippen molar-refractivity contribution in [3.05, 3.63) is 41.6 Å². The van der Waals surface area contributed by atoms with Crippen LogP contribution in [0, 0.1) is 13.8 Å². The normalized spacial score (nSPS) is 12.0. The summed E-state index contributed by atoms with van der Waals surface area (Å²) in [6.07, 6.45) is -0.0968. The highest BCUT2D eigenvalue weighted by Crippen LogP contribution is 2.22. The molecular weight excluding hydrogens is 268 g/mol. The van der Waals surface area contributed by atoms with Gasteiger partial charge in [0.2, 0.25) is 5.88 Å². The number of rotatable bonds is 5. The number of carbonyl (C=O) groups is 1. The Balaban J connectivity index is 2.11. The van der Waals surface area contributed by atoms with Crippen molar-refractivity contribution in [1.82, 2.24) is 9.78 Å². The van der Waals surface area contributed by atoms with Crippen molar-refractivity contribution in [1.29, 1.82) is 0 Å². The van der Waals surface area contributed by atoms with Crippen molar-refractivity contribution in [3.8, 4) is 11.6 Å². The van der Waals surface area contributed by atoms with Crippen molar-refractivity contribution in [2.75, 3.05) is 0 Å². The molecule has 0 aliphatic heterocycles. The third kappa shape index (κ3) is 3.84. The van der Waals surface area contributed by atoms with Gasteiger partial charge in [0.25, 0.3) is 0 Å². The molecule has 1 aromatic carbocycles. The minimum absolute atomic E-state index is 0.0968. The third-order valence-electron chi connectivity index (χ3n) is 3.12. The Labute approximate surface area is 124 Å². The first-order chi connectivity index (χ1) is 9.97. The molecule has 21 heavy (non-hydrogen) atoms. The van der Waals surface area contributed by atoms with E-state index in [0.29, 0.717) is 12.4 Å². The van der Waals surface area contributed by atoms with E-state index >= 15 is 0 Å². The lowest BCUT2D eigenvalue weighted by molar-refractivity contribution is -0.132. The second-order valence-electron chi connectivity index (χ2n) is 5.03. The molecule has 0 fully saturated rings. The van der Waals surface area contributed by atoms with Crippen LogP contribution >= 0.6 is 0 Å². The third-order valence-corrected chi connectivity index (χ3v) is 3.12. The number of aryl methyl sites for hydroxylation is 1. The molecule has 0 saturated heterocycles. The first-order valence-electron chi connectivity index (χ1n) is 6.91. The summed E-state index contributed by atoms with van der Waals surface area (Å²) in [6, 6.07) is 9.60. The van der Waals surface area contributed by atoms with E-state index in [2.05, 4.69) is 5.10 Å². The number of ether oxygens (including phenoxy) is 2. The van der Waals surface area contributed by atoms with Gasteiger partial charge in [-0.1, -0.05) is 18.2 Å². The van der Waals surface area contributed by atoms with Crippen molar-refractivity contribution in [2.45, 2.75) is 40.3 Å². The highest BCUT2D eigenvalue weighted by atomic mass is 16.5. The fraction of sp³-hybridized carbons (Fsp3) is 0.375. The molecule has 2 aromatic rings. The molecule has 5 nitrogen and oxygen atoms in total. The van der Waals surface area contributed by atoms with E-state index in [-0.39, 0.29) is 12.1 Å². The Kier molecular flexibility index (Phi) is 4.62. The van der Waals surface area contributed by atoms with Crippen LogP contribution in [0.3, 0.4) is 0 Å². The van der Waals surface area contributed by atoms with E-state index in [9.17, 15) is 4.79 Å². The Morgan fingerprint density at radius 1 is 1.29 bits per heavy atom. The number of nitrogens with zero attached hydrogens (tertiary/aromatic N) is 2. The van der Waals surface area contributed by atoms with E-state index in [0.717, 1.165) is 17.0 Å². The number of hydrogen-bond donors (Lipinski definition) is 0. The Bertz CT molecular complexity index is 620. The predicted molar refractivity (Wildman–Crippen MR) is 79.5 cm³/mol. The van der Waals surface area contributed by atoms with Crippen molar-refractivity contribution in [3.63, 3.8) is 0 Å². The van der Waals surface area contributed by atoms with Gasteiger partial charge < -0.3 is 9.47 Å². The molecule has 5 heteroatoms. The highest BCUT2D eigenvalue weighted by Gasteiger charge is 2.17. The maximum absolute atomic E-state index is 11.2. The van der Waals surface area contributed by atoms with Gasteiger partial charge in [0.1, 0.15) is 11.9 Å². The van der Waals surface area contributed by atoms with Crippen LogP contribution in [0.1, 0.15) is 25.1 Å². The second kappa shape index (κ2) is 6.43. The first-order valence-corrected chi connectivity index (χ1v) is 6.91. The molecule has 0 saturated carbocycles. The molecule has 0 aliphatic carbocycles. The van der Waals surface area contributed by atoms with Crippen LogP contribution in [-0.4, -0.2) is 21.9 Å². The minimum atomic E-state index is -0.351. The molecule has 112 valence electrons. The highest BCUT2D eigenvalue weighted by molar-refractivity contribution is 5.69. The number of benzene rings is 1. The standard InChI is InChI=1S/C16H20N2O3/c1-11(20-15-8-6-5-7-9-15)10-18-16(21-14(4)19)12(2)13(3)17-18/h5-9,11H,10H2,1-4H3. The molecular formula is C16H20N2O3. The first kappa shape index (κ1) is 15.1. The smallest absolute Gasteiger partial charge is 0.309 e. The van der Waals surface area contributed by atoms with Gasteiger partial charge >= 0.3 is 5.97 Å². The van der Waals surface area contributed by atoms with Gasteiger partial charge in [-0.05, 0) is 32.9 Å². The maximum atomic E-state index is 11.2. The van der Waals surface area contributed by atoms with Crippen LogP contribution in [0.25, 0.3) is 0 Å². The summed E-state index contributed by atoms with van der Waals surface area (Å²) in [6.45, 7) is 7.63. The number of aromatic nitrogens is 2. The number of carbonyl (C=O) groups excluding carboxylic acids is 1. The molecule has 0 N–H and O–H groups in total. The van der Waals surface area contributed by atoms with E-state index < -0.39 is 0 Å². The lowest BCUT2D eigenvalue weighted by Crippen LogP contribution is -2.21. The molecule has 1 unspecified atom stereocenters. The maximum Gasteiger partial charge on any atom is 0.309 e. The summed E-state index contributed by atoms with van der Waals surface area (Å²) in [5.41, 5.74) is 1.72. The van der Waals surface area contributed by atoms with Crippen molar-refractivity contribution < 1.29 is 14.3 Å². The molecule has 2 rings (SSSR count). The molecule has 0 amide bonds. The Morgan fingerprint density at radius 2 is 1.95 bits per heavy atom. The minimum Gasteiger partial charge on any atom is -0.489 e. The summed E-state index contributed by atoms with van der Waals surface area (Å²) in [5, 5.41) is 4.40. The molecule has 1 heterocycles. The van der Waals surface area contributed by atoms with Gasteiger partial charge in [-0.2, -0.15) is 5.10 Å². The second-order valence-corrected chi connectivity index (χ2v) is 5.03. The summed E-state index contributed by atoms with van der Waals surface area (Å²) in [5.74, 6) is 0.944. The van der Waals surface area contributed by atoms with Crippen LogP contribution < -0.4 is 9.47 Å². The summed E-state index contributed by atoms with van der Waals surface area (Å²) in [7, 11) is 0. The van der Waals surface area contributed by atoms with Crippen LogP contribution in [0.2, 0.25) is 0 Å². The summed E-state index contributed by atoms with van der Waals surface area (Å²) < 4.78 is 12.8. The van der Waals surface area contributed by atoms with E-state index in [1.807, 2.05) is 51.1 Å². The van der Waals surface area contributed by atoms with Crippen LogP contribution in [0.5, 0.6) is 11.6 Å². The summed E-state index contributed by atoms with van der Waals surface area (Å²) in [4.78, 5) is 11.2. The predicted octanol–water partition coefficient (Wildman–Crippen LogP) is 2.89. The number of hydrogen-bond acceptors (Lipinski definition) is 4. The fourth-order valence-electron chi connectivity index (χ4n) is 2.05. The summed E-state index contributed by atoms with van der Waals surface area (Å²) >= 11 is 0. The van der Waals surface area contributed by atoms with Crippen LogP contribution in [0.15, 0.2) is 30.3 Å². The average molecular weight is 288 g/mol. The zero-order valence-electron chi connectivity index (χ0n) is 12.8. The SMILES string of the molecule is CC(=O)Oc1c(C)c(C)nn1CC(C)Oc1ccccc1. The topological polar surface area (TPSA) is 53.3 Å². The Hall–Kier alpha value is -2.30. The number of para-hydroxylation sites is 1. The van der Waals surface area contributed by atoms with Crippen LogP contribution in [0.4, 0.5) is 0 Å². The monoisotopic (exact) mass is 288 g/mol. The van der Waals surface area contributed by atoms with Gasteiger partial charge in [0.05, 0.1) is 12.2 Å². The number of esters is 1. The molecule has 0 radical (unpaired) electrons. The zero-order chi connectivity index (χ0) is 15.4. The molecule has 0 bridgehead atoms. The van der Waals surface area contributed by atoms with Crippen molar-refractivity contribution >= 4 is 5.97 Å². The van der Waals surface area contributed by atoms with Gasteiger partial charge in [0, 0.05) is 12.5 Å². The van der Waals surface area contributed by atoms with E-state index in [1.165, 1.54) is 6.92 Å². The zero-order valence-corrected chi connectivity index (χ0v) is 12.8. The van der Waals surface area contributed by atoms with Gasteiger partial charge in [-0.15, -0.1) is 0 Å². The van der Waals surface area contributed by atoms with Crippen LogP contribution in [-0.2, 0) is 11.3 Å². The Morgan fingerprint density at radius 3 is 2.57 bits per heavy atom. The molecule has 1 aromatic heterocycles. The lowest BCUT2D eigenvalue weighted by Gasteiger charge is -2.16.